The van der Waals surface area contributed by atoms with E-state index in [1.165, 1.54) is 4.90 Å². The number of rotatable bonds is 13. The van der Waals surface area contributed by atoms with Gasteiger partial charge in [0.2, 0.25) is 5.91 Å². The third-order valence-electron chi connectivity index (χ3n) is 3.98. The lowest BCUT2D eigenvalue weighted by atomic mass is 10.1. The fourth-order valence-electron chi connectivity index (χ4n) is 2.70. The summed E-state index contributed by atoms with van der Waals surface area (Å²) in [4.78, 5) is 24.1. The van der Waals surface area contributed by atoms with Crippen LogP contribution < -0.4 is 10.8 Å². The lowest BCUT2D eigenvalue weighted by Crippen LogP contribution is -2.50. The van der Waals surface area contributed by atoms with Gasteiger partial charge in [0.15, 0.2) is 0 Å². The highest BCUT2D eigenvalue weighted by atomic mass is 31.1. The van der Waals surface area contributed by atoms with Crippen molar-refractivity contribution in [3.63, 3.8) is 0 Å². The summed E-state index contributed by atoms with van der Waals surface area (Å²) in [5.41, 5.74) is 5.43. The van der Waals surface area contributed by atoms with E-state index in [0.29, 0.717) is 26.0 Å². The molecule has 0 spiro atoms. The molecule has 0 saturated carbocycles. The monoisotopic (exact) mass is 363 g/mol. The summed E-state index contributed by atoms with van der Waals surface area (Å²) >= 11 is 0. The zero-order valence-electron chi connectivity index (χ0n) is 14.2. The van der Waals surface area contributed by atoms with E-state index >= 15 is 0 Å². The number of nitrogens with two attached hydrogens (primary N) is 1. The first-order valence-electron chi connectivity index (χ1n) is 8.68. The number of carboxylic acid groups (broad SMARTS) is 1. The largest absolute Gasteiger partial charge is 0.480 e. The molecule has 0 aromatic heterocycles. The molecule has 0 bridgehead atoms. The van der Waals surface area contributed by atoms with E-state index in [1.807, 2.05) is 0 Å². The number of amides is 1. The number of unbranched alkanes of at least 4 members (excludes halogenated alkanes) is 5. The minimum Gasteiger partial charge on any atom is -0.480 e. The van der Waals surface area contributed by atoms with Crippen LogP contribution in [0.15, 0.2) is 0 Å². The van der Waals surface area contributed by atoms with Gasteiger partial charge in [-0.05, 0) is 32.2 Å². The first kappa shape index (κ1) is 21.1. The SMILES string of the molecule is NCCCCCCCCO[PH](=O)N[C@H]1CCCN(CC(=O)O)C1=O. The van der Waals surface area contributed by atoms with Crippen LogP contribution in [0.4, 0.5) is 0 Å². The van der Waals surface area contributed by atoms with Gasteiger partial charge in [0.1, 0.15) is 6.54 Å². The molecule has 0 aromatic carbocycles. The van der Waals surface area contributed by atoms with Crippen LogP contribution in [0, 0.1) is 0 Å². The minimum atomic E-state index is -2.48. The molecule has 1 aliphatic heterocycles. The number of likely N-dealkylation sites (tertiary alicyclic amines) is 1. The van der Waals surface area contributed by atoms with Crippen LogP contribution in [0.2, 0.25) is 0 Å². The molecule has 0 aromatic rings. The fourth-order valence-corrected chi connectivity index (χ4v) is 3.66. The Labute approximate surface area is 144 Å². The summed E-state index contributed by atoms with van der Waals surface area (Å²) in [5, 5.41) is 11.5. The van der Waals surface area contributed by atoms with Crippen molar-refractivity contribution in [3.05, 3.63) is 0 Å². The zero-order chi connectivity index (χ0) is 17.8. The molecule has 24 heavy (non-hydrogen) atoms. The van der Waals surface area contributed by atoms with Crippen LogP contribution in [0.1, 0.15) is 51.4 Å². The van der Waals surface area contributed by atoms with Gasteiger partial charge in [-0.15, -0.1) is 0 Å². The predicted octanol–water partition coefficient (Wildman–Crippen LogP) is 1.36. The Kier molecular flexibility index (Phi) is 10.9. The molecular weight excluding hydrogens is 333 g/mol. The topological polar surface area (TPSA) is 122 Å². The molecule has 0 radical (unpaired) electrons. The summed E-state index contributed by atoms with van der Waals surface area (Å²) in [6, 6.07) is -0.610. The summed E-state index contributed by atoms with van der Waals surface area (Å²) in [7, 11) is -2.48. The van der Waals surface area contributed by atoms with Crippen LogP contribution in [0.5, 0.6) is 0 Å². The van der Waals surface area contributed by atoms with Gasteiger partial charge in [-0.2, -0.15) is 0 Å². The van der Waals surface area contributed by atoms with E-state index < -0.39 is 20.2 Å². The van der Waals surface area contributed by atoms with Crippen LogP contribution in [-0.2, 0) is 18.7 Å². The van der Waals surface area contributed by atoms with Crippen LogP contribution in [-0.4, -0.2) is 54.2 Å². The first-order chi connectivity index (χ1) is 11.5. The van der Waals surface area contributed by atoms with Gasteiger partial charge >= 0.3 is 5.97 Å². The van der Waals surface area contributed by atoms with Gasteiger partial charge < -0.3 is 20.3 Å². The Morgan fingerprint density at radius 3 is 2.62 bits per heavy atom. The Balaban J connectivity index is 2.15. The zero-order valence-corrected chi connectivity index (χ0v) is 15.2. The maximum atomic E-state index is 12.1. The maximum Gasteiger partial charge on any atom is 0.323 e. The van der Waals surface area contributed by atoms with E-state index in [9.17, 15) is 14.2 Å². The molecule has 0 aliphatic carbocycles. The van der Waals surface area contributed by atoms with E-state index in [1.54, 1.807) is 0 Å². The average Bonchev–Trinajstić information content (AvgIpc) is 2.53. The van der Waals surface area contributed by atoms with Crippen molar-refractivity contribution in [1.29, 1.82) is 0 Å². The third kappa shape index (κ3) is 8.78. The van der Waals surface area contributed by atoms with E-state index in [2.05, 4.69) is 5.09 Å². The molecule has 8 nitrogen and oxygen atoms in total. The number of hydrogen-bond acceptors (Lipinski definition) is 5. The van der Waals surface area contributed by atoms with Crippen molar-refractivity contribution in [3.8, 4) is 0 Å². The number of carboxylic acids is 1. The number of carbonyl (C=O) groups excluding carboxylic acids is 1. The molecule has 1 aliphatic rings. The lowest BCUT2D eigenvalue weighted by Gasteiger charge is -2.31. The van der Waals surface area contributed by atoms with Gasteiger partial charge in [0, 0.05) is 6.54 Å². The highest BCUT2D eigenvalue weighted by Gasteiger charge is 2.30. The Morgan fingerprint density at radius 2 is 1.96 bits per heavy atom. The molecule has 1 rings (SSSR count). The van der Waals surface area contributed by atoms with Crippen LogP contribution in [0.3, 0.4) is 0 Å². The predicted molar refractivity (Wildman–Crippen MR) is 92.1 cm³/mol. The lowest BCUT2D eigenvalue weighted by molar-refractivity contribution is -0.146. The Morgan fingerprint density at radius 1 is 1.29 bits per heavy atom. The van der Waals surface area contributed by atoms with Crippen molar-refractivity contribution in [2.24, 2.45) is 5.73 Å². The molecule has 1 saturated heterocycles. The standard InChI is InChI=1S/C15H30N3O5P/c16-9-5-3-1-2-4-6-11-23-24(22)17-13-8-7-10-18(15(13)21)12-14(19)20/h13,24H,1-12,16H2,(H,17,22)(H,19,20)/t13-/m0/s1. The summed E-state index contributed by atoms with van der Waals surface area (Å²) in [5.74, 6) is -1.36. The smallest absolute Gasteiger partial charge is 0.323 e. The highest BCUT2D eigenvalue weighted by Crippen LogP contribution is 2.22. The van der Waals surface area contributed by atoms with Crippen LogP contribution >= 0.6 is 8.18 Å². The van der Waals surface area contributed by atoms with E-state index in [0.717, 1.165) is 45.1 Å². The molecule has 1 unspecified atom stereocenters. The van der Waals surface area contributed by atoms with Crippen molar-refractivity contribution in [1.82, 2.24) is 9.99 Å². The minimum absolute atomic E-state index is 0.314. The fraction of sp³-hybridized carbons (Fsp3) is 0.867. The van der Waals surface area contributed by atoms with Crippen molar-refractivity contribution in [2.75, 3.05) is 26.2 Å². The third-order valence-corrected chi connectivity index (χ3v) is 5.03. The molecule has 1 heterocycles. The highest BCUT2D eigenvalue weighted by molar-refractivity contribution is 7.36. The molecule has 1 fully saturated rings. The van der Waals surface area contributed by atoms with Crippen molar-refractivity contribution in [2.45, 2.75) is 57.4 Å². The number of aliphatic carboxylic acids is 1. The van der Waals surface area contributed by atoms with Gasteiger partial charge in [-0.25, -0.2) is 5.09 Å². The summed E-state index contributed by atoms with van der Waals surface area (Å²) < 4.78 is 17.2. The quantitative estimate of drug-likeness (QED) is 0.333. The Bertz CT molecular complexity index is 422. The first-order valence-corrected chi connectivity index (χ1v) is 10.00. The van der Waals surface area contributed by atoms with Crippen molar-refractivity contribution < 1.29 is 23.8 Å². The molecular formula is C15H30N3O5P. The van der Waals surface area contributed by atoms with Gasteiger partial charge in [0.05, 0.1) is 12.6 Å². The second-order valence-electron chi connectivity index (χ2n) is 6.04. The maximum absolute atomic E-state index is 12.1. The molecule has 2 atom stereocenters. The number of hydrogen-bond donors (Lipinski definition) is 3. The molecule has 140 valence electrons. The van der Waals surface area contributed by atoms with Gasteiger partial charge in [0.25, 0.3) is 8.18 Å². The van der Waals surface area contributed by atoms with Crippen molar-refractivity contribution >= 4 is 20.1 Å². The summed E-state index contributed by atoms with van der Waals surface area (Å²) in [6.07, 6.45) is 7.57. The summed E-state index contributed by atoms with van der Waals surface area (Å²) in [6.45, 7) is 1.25. The van der Waals surface area contributed by atoms with Crippen LogP contribution in [0.25, 0.3) is 0 Å². The number of nitrogens with one attached hydrogen (secondary N) is 1. The molecule has 9 heteroatoms. The van der Waals surface area contributed by atoms with Gasteiger partial charge in [-0.1, -0.05) is 25.7 Å². The number of nitrogens with zero attached hydrogens (tertiary/aromatic N) is 1. The van der Waals surface area contributed by atoms with E-state index in [-0.39, 0.29) is 12.5 Å². The molecule has 4 N–H and O–H groups in total. The number of piperidine rings is 1. The second-order valence-corrected chi connectivity index (χ2v) is 7.19. The van der Waals surface area contributed by atoms with Gasteiger partial charge in [-0.3, -0.25) is 14.2 Å². The molecule has 1 amide bonds. The second kappa shape index (κ2) is 12.4. The number of carbonyl (C=O) groups is 2. The normalized spacial score (nSPS) is 19.5. The van der Waals surface area contributed by atoms with E-state index in [4.69, 9.17) is 15.4 Å². The average molecular weight is 363 g/mol. The Hall–Kier alpha value is -0.950.